The molecule has 2 heterocycles. The normalized spacial score (nSPS) is 14.9. The monoisotopic (exact) mass is 732 g/mol. The molecule has 6 aromatic rings. The molecule has 0 amide bonds. The minimum absolute atomic E-state index is 0.0332. The van der Waals surface area contributed by atoms with Gasteiger partial charge in [-0.1, -0.05) is 72.1 Å². The van der Waals surface area contributed by atoms with Gasteiger partial charge in [0.15, 0.2) is 9.84 Å². The molecule has 0 aromatic heterocycles. The van der Waals surface area contributed by atoms with Crippen LogP contribution in [0.2, 0.25) is 0 Å². The third kappa shape index (κ3) is 5.51. The van der Waals surface area contributed by atoms with E-state index in [1.54, 1.807) is 42.6 Å². The summed E-state index contributed by atoms with van der Waals surface area (Å²) in [6.07, 6.45) is 0. The first-order valence-electron chi connectivity index (χ1n) is 16.1. The third-order valence-corrected chi connectivity index (χ3v) is 15.7. The van der Waals surface area contributed by atoms with Gasteiger partial charge in [-0.2, -0.15) is 0 Å². The zero-order chi connectivity index (χ0) is 34.6. The Hall–Kier alpha value is -4.48. The van der Waals surface area contributed by atoms with Gasteiger partial charge in [0, 0.05) is 31.3 Å². The molecule has 0 aliphatic carbocycles. The highest BCUT2D eigenvalue weighted by Gasteiger charge is 2.36. The summed E-state index contributed by atoms with van der Waals surface area (Å²) in [6.45, 7) is 3.64. The first-order chi connectivity index (χ1) is 24.1. The fourth-order valence-corrected chi connectivity index (χ4v) is 11.5. The summed E-state index contributed by atoms with van der Waals surface area (Å²) in [5.74, 6) is 0. The number of fused-ring (bicyclic) bond motifs is 4. The number of para-hydroxylation sites is 4. The topological polar surface area (TPSA) is 74.8 Å². The Morgan fingerprint density at radius 3 is 1.28 bits per heavy atom. The molecule has 2 atom stereocenters. The van der Waals surface area contributed by atoms with E-state index in [0.29, 0.717) is 0 Å². The summed E-state index contributed by atoms with van der Waals surface area (Å²) in [5, 5.41) is -0.801. The highest BCUT2D eigenvalue weighted by atomic mass is 32.2. The Kier molecular flexibility index (Phi) is 8.30. The number of rotatable bonds is 7. The van der Waals surface area contributed by atoms with Gasteiger partial charge < -0.3 is 9.80 Å². The van der Waals surface area contributed by atoms with E-state index in [1.807, 2.05) is 91.9 Å². The van der Waals surface area contributed by atoms with Crippen molar-refractivity contribution >= 4 is 71.6 Å². The second-order valence-electron chi connectivity index (χ2n) is 12.2. The van der Waals surface area contributed by atoms with Crippen LogP contribution in [-0.4, -0.2) is 28.1 Å². The molecule has 0 N–H and O–H groups in total. The second-order valence-corrected chi connectivity index (χ2v) is 18.7. The molecule has 2 unspecified atom stereocenters. The largest absolute Gasteiger partial charge is 0.335 e. The molecule has 0 bridgehead atoms. The van der Waals surface area contributed by atoms with Crippen molar-refractivity contribution in [3.8, 4) is 0 Å². The molecule has 0 saturated carbocycles. The fourth-order valence-electron chi connectivity index (χ4n) is 6.56. The zero-order valence-electron chi connectivity index (χ0n) is 27.2. The van der Waals surface area contributed by atoms with Crippen LogP contribution in [0.15, 0.2) is 180 Å². The maximum Gasteiger partial charge on any atom is 0.206 e. The quantitative estimate of drug-likeness (QED) is 0.160. The molecule has 2 aliphatic rings. The van der Waals surface area contributed by atoms with E-state index in [1.165, 1.54) is 24.3 Å². The fraction of sp³-hybridized carbons (Fsp3) is 0.100. The van der Waals surface area contributed by atoms with E-state index in [2.05, 4.69) is 34.1 Å². The van der Waals surface area contributed by atoms with Gasteiger partial charge in [0.05, 0.1) is 42.7 Å². The Balaban J connectivity index is 1.06. The number of sulfone groups is 2. The van der Waals surface area contributed by atoms with E-state index in [-0.39, 0.29) is 14.7 Å². The molecule has 50 heavy (non-hydrogen) atoms. The minimum Gasteiger partial charge on any atom is -0.335 e. The van der Waals surface area contributed by atoms with Crippen molar-refractivity contribution in [1.29, 1.82) is 0 Å². The lowest BCUT2D eigenvalue weighted by atomic mass is 10.1. The molecular weight excluding hydrogens is 701 g/mol. The first-order valence-corrected chi connectivity index (χ1v) is 20.8. The van der Waals surface area contributed by atoms with Crippen LogP contribution in [0.4, 0.5) is 28.4 Å². The molecule has 8 rings (SSSR count). The molecule has 2 aliphatic heterocycles. The summed E-state index contributed by atoms with van der Waals surface area (Å²) in [5.41, 5.74) is 4.82. The molecule has 10 heteroatoms. The average molecular weight is 733 g/mol. The Labute approximate surface area is 301 Å². The van der Waals surface area contributed by atoms with E-state index in [0.717, 1.165) is 48.0 Å². The summed E-state index contributed by atoms with van der Waals surface area (Å²) in [4.78, 5) is 8.85. The van der Waals surface area contributed by atoms with Gasteiger partial charge in [0.1, 0.15) is 0 Å². The molecular formula is C40H32N2O4S4. The van der Waals surface area contributed by atoms with Crippen LogP contribution < -0.4 is 9.80 Å². The number of nitrogens with zero attached hydrogens (tertiary/aromatic N) is 2. The van der Waals surface area contributed by atoms with E-state index < -0.39 is 31.0 Å². The molecule has 6 aromatic carbocycles. The number of anilines is 5. The Bertz CT molecular complexity index is 2380. The van der Waals surface area contributed by atoms with Crippen LogP contribution >= 0.6 is 23.5 Å². The van der Waals surface area contributed by atoms with Crippen LogP contribution in [0.3, 0.4) is 0 Å². The van der Waals surface area contributed by atoms with Gasteiger partial charge in [0.25, 0.3) is 0 Å². The van der Waals surface area contributed by atoms with Crippen molar-refractivity contribution in [2.45, 2.75) is 59.4 Å². The van der Waals surface area contributed by atoms with Gasteiger partial charge in [0.2, 0.25) is 9.84 Å². The van der Waals surface area contributed by atoms with Crippen molar-refractivity contribution in [3.05, 3.63) is 146 Å². The van der Waals surface area contributed by atoms with Gasteiger partial charge in [-0.15, -0.1) is 0 Å². The summed E-state index contributed by atoms with van der Waals surface area (Å²) >= 11 is 3.38. The van der Waals surface area contributed by atoms with E-state index in [9.17, 15) is 16.8 Å². The van der Waals surface area contributed by atoms with Gasteiger partial charge >= 0.3 is 0 Å². The number of hydrogen-bond donors (Lipinski definition) is 0. The van der Waals surface area contributed by atoms with Crippen LogP contribution in [0.1, 0.15) is 13.8 Å². The smallest absolute Gasteiger partial charge is 0.206 e. The third-order valence-electron chi connectivity index (χ3n) is 9.35. The molecule has 0 spiro atoms. The van der Waals surface area contributed by atoms with Crippen molar-refractivity contribution < 1.29 is 16.8 Å². The summed E-state index contributed by atoms with van der Waals surface area (Å²) in [7, 11) is -7.76. The van der Waals surface area contributed by atoms with Crippen LogP contribution in [0, 0.1) is 0 Å². The Morgan fingerprint density at radius 1 is 0.460 bits per heavy atom. The predicted octanol–water partition coefficient (Wildman–Crippen LogP) is 10.3. The summed E-state index contributed by atoms with van der Waals surface area (Å²) in [6, 6.07) is 44.4. The number of hydrogen-bond acceptors (Lipinski definition) is 8. The van der Waals surface area contributed by atoms with Crippen LogP contribution in [0.25, 0.3) is 0 Å². The summed E-state index contributed by atoms with van der Waals surface area (Å²) < 4.78 is 55.7. The lowest BCUT2D eigenvalue weighted by molar-refractivity contribution is 0.563. The van der Waals surface area contributed by atoms with Crippen molar-refractivity contribution in [1.82, 2.24) is 0 Å². The highest BCUT2D eigenvalue weighted by Crippen LogP contribution is 2.52. The van der Waals surface area contributed by atoms with E-state index in [4.69, 9.17) is 0 Å². The first kappa shape index (κ1) is 32.7. The molecule has 0 radical (unpaired) electrons. The van der Waals surface area contributed by atoms with Crippen molar-refractivity contribution in [2.24, 2.45) is 0 Å². The number of benzene rings is 6. The van der Waals surface area contributed by atoms with Crippen molar-refractivity contribution in [3.63, 3.8) is 0 Å². The van der Waals surface area contributed by atoms with Gasteiger partial charge in [-0.05, 0) is 111 Å². The van der Waals surface area contributed by atoms with Crippen LogP contribution in [0.5, 0.6) is 0 Å². The molecule has 0 saturated heterocycles. The van der Waals surface area contributed by atoms with Gasteiger partial charge in [-0.3, -0.25) is 0 Å². The van der Waals surface area contributed by atoms with Crippen molar-refractivity contribution in [2.75, 3.05) is 9.80 Å². The molecule has 250 valence electrons. The standard InChI is InChI=1S/C40H32N2O4S4/c1-27(41-33-11-3-7-15-37(33)47-38-16-8-4-12-34(38)41)28(2)49(43,44)30-23-25-32(26-24-30)50(45,46)31-21-19-29(20-22-31)42-35-13-5-9-17-39(35)48-40-18-10-6-14-36(40)42/h3-28H,1-2H3. The average Bonchev–Trinajstić information content (AvgIpc) is 3.15. The highest BCUT2D eigenvalue weighted by molar-refractivity contribution is 8.00. The SMILES string of the molecule is CC(C(C)S(=O)(=O)c1ccc(S(=O)(=O)c2ccc(N3c4ccccc4Sc4ccccc43)cc2)cc1)N1c2ccccc2Sc2ccccc21. The lowest BCUT2D eigenvalue weighted by Gasteiger charge is -2.39. The minimum atomic E-state index is -3.92. The molecule has 6 nitrogen and oxygen atoms in total. The molecule has 0 fully saturated rings. The second kappa shape index (κ2) is 12.7. The lowest BCUT2D eigenvalue weighted by Crippen LogP contribution is -2.42. The maximum atomic E-state index is 14.0. The van der Waals surface area contributed by atoms with E-state index >= 15 is 0 Å². The maximum absolute atomic E-state index is 14.0. The van der Waals surface area contributed by atoms with Gasteiger partial charge in [-0.25, -0.2) is 16.8 Å². The predicted molar refractivity (Wildman–Crippen MR) is 202 cm³/mol. The van der Waals surface area contributed by atoms with Crippen LogP contribution in [-0.2, 0) is 19.7 Å². The zero-order valence-corrected chi connectivity index (χ0v) is 30.4. The Morgan fingerprint density at radius 2 is 0.820 bits per heavy atom.